The van der Waals surface area contributed by atoms with E-state index in [2.05, 4.69) is 127 Å². The molecule has 0 aliphatic carbocycles. The molecule has 6 nitrogen and oxygen atoms in total. The van der Waals surface area contributed by atoms with Crippen LogP contribution in [0.5, 0.6) is 0 Å². The first-order valence-electron chi connectivity index (χ1n) is 17.6. The smallest absolute Gasteiger partial charge is 0.265 e. The van der Waals surface area contributed by atoms with Crippen LogP contribution in [0.25, 0.3) is 120 Å². The van der Waals surface area contributed by atoms with Crippen LogP contribution in [-0.2, 0) is 0 Å². The number of pyridine rings is 2. The highest BCUT2D eigenvalue weighted by Crippen LogP contribution is 2.59. The Morgan fingerprint density at radius 2 is 0.621 bits per heavy atom. The van der Waals surface area contributed by atoms with E-state index in [4.69, 9.17) is 9.97 Å². The molecule has 0 saturated heterocycles. The van der Waals surface area contributed by atoms with E-state index < -0.39 is 0 Å². The number of nitrogens with zero attached hydrogens (tertiary/aromatic N) is 4. The van der Waals surface area contributed by atoms with Gasteiger partial charge in [-0.2, -0.15) is 0 Å². The minimum absolute atomic E-state index is 0.194. The number of aromatic nitrogens is 4. The summed E-state index contributed by atoms with van der Waals surface area (Å²) in [5.74, 6) is 0. The zero-order valence-corrected chi connectivity index (χ0v) is 41.2. The molecule has 13 rings (SSSR count). The molecule has 0 aliphatic rings. The fourth-order valence-electron chi connectivity index (χ4n) is 9.71. The maximum absolute atomic E-state index is 15.2. The molecule has 0 unspecified atom stereocenters. The number of fused-ring (bicyclic) bond motifs is 8. The molecule has 0 amide bonds. The molecule has 0 aliphatic heterocycles. The van der Waals surface area contributed by atoms with E-state index >= 15 is 9.59 Å². The number of hydrogen-bond donors (Lipinski definition) is 0. The van der Waals surface area contributed by atoms with Gasteiger partial charge in [-0.05, 0) is 162 Å². The summed E-state index contributed by atoms with van der Waals surface area (Å²) >= 11 is 32.3. The number of hydrogen-bond acceptors (Lipinski definition) is 4. The van der Waals surface area contributed by atoms with Crippen LogP contribution >= 0.6 is 127 Å². The van der Waals surface area contributed by atoms with Gasteiger partial charge >= 0.3 is 0 Å². The molecule has 0 N–H and O–H groups in total. The van der Waals surface area contributed by atoms with Gasteiger partial charge in [0, 0.05) is 100 Å². The summed E-state index contributed by atoms with van der Waals surface area (Å²) in [4.78, 5) is 40.9. The lowest BCUT2D eigenvalue weighted by atomic mass is 9.86. The number of rotatable bonds is 0. The molecule has 0 saturated carbocycles. The Hall–Kier alpha value is -3.08. The molecule has 9 aromatic carbocycles. The van der Waals surface area contributed by atoms with Gasteiger partial charge in [0.15, 0.2) is 0 Å². The highest BCUT2D eigenvalue weighted by molar-refractivity contribution is 9.14. The highest BCUT2D eigenvalue weighted by atomic mass is 79.9. The average molecular weight is 1270 g/mol. The highest BCUT2D eigenvalue weighted by Gasteiger charge is 2.33. The van der Waals surface area contributed by atoms with E-state index in [1.54, 1.807) is 8.80 Å². The number of halogens is 8. The van der Waals surface area contributed by atoms with Crippen molar-refractivity contribution in [2.45, 2.75) is 0 Å². The van der Waals surface area contributed by atoms with Crippen molar-refractivity contribution in [3.05, 3.63) is 129 Å². The molecule has 4 aromatic heterocycles. The third kappa shape index (κ3) is 4.00. The van der Waals surface area contributed by atoms with Crippen LogP contribution in [-0.4, -0.2) is 18.8 Å². The van der Waals surface area contributed by atoms with Gasteiger partial charge in [-0.1, -0.05) is 48.5 Å². The predicted octanol–water partition coefficient (Wildman–Crippen LogP) is 15.6. The van der Waals surface area contributed by atoms with E-state index in [0.717, 1.165) is 115 Å². The monoisotopic (exact) mass is 1260 g/mol. The van der Waals surface area contributed by atoms with Crippen molar-refractivity contribution in [3.63, 3.8) is 0 Å². The zero-order chi connectivity index (χ0) is 39.5. The van der Waals surface area contributed by atoms with Gasteiger partial charge in [-0.3, -0.25) is 18.4 Å². The Balaban J connectivity index is 1.38. The van der Waals surface area contributed by atoms with Crippen LogP contribution in [0, 0.1) is 0 Å². The fourth-order valence-corrected chi connectivity index (χ4v) is 14.4. The van der Waals surface area contributed by atoms with E-state index in [0.29, 0.717) is 40.0 Å². The van der Waals surface area contributed by atoms with Gasteiger partial charge in [0.2, 0.25) is 0 Å². The van der Waals surface area contributed by atoms with Crippen LogP contribution in [0.15, 0.2) is 118 Å². The van der Waals surface area contributed by atoms with E-state index in [1.807, 2.05) is 72.8 Å². The second kappa shape index (κ2) is 11.8. The summed E-state index contributed by atoms with van der Waals surface area (Å²) in [6, 6.07) is 24.1. The summed E-state index contributed by atoms with van der Waals surface area (Å²) in [5.41, 5.74) is 3.84. The molecule has 4 heterocycles. The van der Waals surface area contributed by atoms with Crippen LogP contribution in [0.2, 0.25) is 0 Å². The molecule has 0 fully saturated rings. The van der Waals surface area contributed by atoms with Crippen LogP contribution in [0.3, 0.4) is 0 Å². The topological polar surface area (TPSA) is 68.7 Å². The molecule has 0 spiro atoms. The molecular weight excluding hydrogens is 1260 g/mol. The average Bonchev–Trinajstić information content (AvgIpc) is 3.22. The Morgan fingerprint density at radius 3 is 0.983 bits per heavy atom. The van der Waals surface area contributed by atoms with Crippen LogP contribution in [0.4, 0.5) is 0 Å². The standard InChI is InChI=1S/C44H12Br8N4O2/c45-33-25-21-23-29(37(33)49)41-53-15-9-1-5-13-7-3-11-17(19(13)15)55(41)43(57)31(23)39(51)35(47)27(21)26-22-24-30(38(50)34(26)46)42-54-16-10-2-6-14-8-4-12-18(20(14)16)56(42)44(58)32(24)40(52)36(48)28(22)25/h1-12H. The van der Waals surface area contributed by atoms with Crippen molar-refractivity contribution in [2.75, 3.05) is 0 Å². The molecule has 13 aromatic rings. The maximum atomic E-state index is 15.2. The molecule has 14 heteroatoms. The van der Waals surface area contributed by atoms with Crippen LogP contribution < -0.4 is 11.1 Å². The second-order valence-electron chi connectivity index (χ2n) is 14.5. The lowest BCUT2D eigenvalue weighted by Gasteiger charge is -2.25. The lowest BCUT2D eigenvalue weighted by Crippen LogP contribution is -2.18. The minimum atomic E-state index is -0.194. The predicted molar refractivity (Wildman–Crippen MR) is 267 cm³/mol. The maximum Gasteiger partial charge on any atom is 0.265 e. The first kappa shape index (κ1) is 35.7. The molecule has 58 heavy (non-hydrogen) atoms. The normalized spacial score (nSPS) is 13.0. The Morgan fingerprint density at radius 1 is 0.328 bits per heavy atom. The van der Waals surface area contributed by atoms with Gasteiger partial charge in [0.05, 0.1) is 32.8 Å². The van der Waals surface area contributed by atoms with E-state index in [9.17, 15) is 0 Å². The van der Waals surface area contributed by atoms with Gasteiger partial charge < -0.3 is 0 Å². The Bertz CT molecular complexity index is 3990. The van der Waals surface area contributed by atoms with Crippen molar-refractivity contribution in [2.24, 2.45) is 0 Å². The first-order chi connectivity index (χ1) is 28.0. The zero-order valence-electron chi connectivity index (χ0n) is 28.6. The first-order valence-corrected chi connectivity index (χ1v) is 24.0. The third-order valence-electron chi connectivity index (χ3n) is 11.9. The SMILES string of the molecule is O=c1c2c(Br)c(Br)c3c4c(Br)c(Br)c5c6c(c(Br)c(Br)c(c7c(Br)c(Br)c(c2c37)c2nc3cccc7cccc(c73)n12)c46)c(=O)n1c2cccc3cccc(nc51)c32. The quantitative estimate of drug-likeness (QED) is 0.112. The number of benzene rings is 9. The molecule has 276 valence electrons. The Kier molecular flexibility index (Phi) is 7.28. The molecular formula is C44H12Br8N4O2. The fraction of sp³-hybridized carbons (Fsp3) is 0. The third-order valence-corrected chi connectivity index (χ3v) is 20.4. The van der Waals surface area contributed by atoms with Gasteiger partial charge in [0.25, 0.3) is 11.1 Å². The van der Waals surface area contributed by atoms with Crippen LogP contribution in [0.1, 0.15) is 0 Å². The van der Waals surface area contributed by atoms with Crippen molar-refractivity contribution in [1.29, 1.82) is 0 Å². The van der Waals surface area contributed by atoms with Crippen molar-refractivity contribution < 1.29 is 0 Å². The molecule has 0 atom stereocenters. The van der Waals surface area contributed by atoms with Crippen molar-refractivity contribution in [1.82, 2.24) is 18.8 Å². The molecule has 0 bridgehead atoms. The minimum Gasteiger partial charge on any atom is -0.268 e. The summed E-state index contributed by atoms with van der Waals surface area (Å²) in [7, 11) is 0. The second-order valence-corrected chi connectivity index (χ2v) is 20.8. The Labute approximate surface area is 390 Å². The van der Waals surface area contributed by atoms with Crippen molar-refractivity contribution in [3.8, 4) is 0 Å². The van der Waals surface area contributed by atoms with Gasteiger partial charge in [-0.15, -0.1) is 0 Å². The summed E-state index contributed by atoms with van der Waals surface area (Å²) in [5, 5.41) is 13.1. The largest absolute Gasteiger partial charge is 0.268 e. The molecule has 0 radical (unpaired) electrons. The van der Waals surface area contributed by atoms with E-state index in [-0.39, 0.29) is 11.1 Å². The lowest BCUT2D eigenvalue weighted by molar-refractivity contribution is 1.14. The summed E-state index contributed by atoms with van der Waals surface area (Å²) in [6.45, 7) is 0. The van der Waals surface area contributed by atoms with Gasteiger partial charge in [-0.25, -0.2) is 9.97 Å². The summed E-state index contributed by atoms with van der Waals surface area (Å²) < 4.78 is 9.16. The van der Waals surface area contributed by atoms with E-state index in [1.165, 1.54) is 0 Å². The van der Waals surface area contributed by atoms with Gasteiger partial charge in [0.1, 0.15) is 11.3 Å². The van der Waals surface area contributed by atoms with Crippen molar-refractivity contribution >= 4 is 247 Å². The summed E-state index contributed by atoms with van der Waals surface area (Å²) in [6.07, 6.45) is 0.